The highest BCUT2D eigenvalue weighted by atomic mass is 32.2. The highest BCUT2D eigenvalue weighted by Crippen LogP contribution is 2.19. The molecule has 0 saturated carbocycles. The van der Waals surface area contributed by atoms with Gasteiger partial charge < -0.3 is 0 Å². The van der Waals surface area contributed by atoms with E-state index in [-0.39, 0.29) is 17.6 Å². The van der Waals surface area contributed by atoms with Crippen LogP contribution in [0.4, 0.5) is 0 Å². The fourth-order valence-corrected chi connectivity index (χ4v) is 4.31. The third kappa shape index (κ3) is 3.53. The zero-order chi connectivity index (χ0) is 14.1. The Morgan fingerprint density at radius 1 is 1.42 bits per heavy atom. The van der Waals surface area contributed by atoms with E-state index in [1.165, 1.54) is 16.6 Å². The normalized spacial score (nSPS) is 22.5. The zero-order valence-corrected chi connectivity index (χ0v) is 12.0. The molecular formula is C9H16N4O4S2. The summed E-state index contributed by atoms with van der Waals surface area (Å²) in [6, 6.07) is 0.990. The fraction of sp³-hybridized carbons (Fsp3) is 0.667. The first-order chi connectivity index (χ1) is 8.79. The summed E-state index contributed by atoms with van der Waals surface area (Å²) >= 11 is 0. The summed E-state index contributed by atoms with van der Waals surface area (Å²) in [5.74, 6) is 0. The van der Waals surface area contributed by atoms with Crippen molar-refractivity contribution in [2.75, 3.05) is 19.3 Å². The van der Waals surface area contributed by atoms with Crippen molar-refractivity contribution < 1.29 is 16.8 Å². The number of sulfonamides is 2. The van der Waals surface area contributed by atoms with E-state index < -0.39 is 20.0 Å². The average molecular weight is 308 g/mol. The maximum absolute atomic E-state index is 12.2. The summed E-state index contributed by atoms with van der Waals surface area (Å²) < 4.78 is 50.6. The molecule has 8 nitrogen and oxygen atoms in total. The number of piperidine rings is 1. The van der Waals surface area contributed by atoms with Crippen molar-refractivity contribution >= 4 is 20.0 Å². The van der Waals surface area contributed by atoms with Gasteiger partial charge in [0, 0.05) is 19.1 Å². The second-order valence-electron chi connectivity index (χ2n) is 4.51. The minimum absolute atomic E-state index is 0.0208. The van der Waals surface area contributed by atoms with E-state index in [2.05, 4.69) is 14.9 Å². The minimum atomic E-state index is -3.63. The van der Waals surface area contributed by atoms with Crippen LogP contribution in [0.25, 0.3) is 0 Å². The third-order valence-electron chi connectivity index (χ3n) is 2.86. The highest BCUT2D eigenvalue weighted by molar-refractivity contribution is 7.89. The number of aromatic nitrogens is 2. The predicted octanol–water partition coefficient (Wildman–Crippen LogP) is -0.888. The Bertz CT molecular complexity index is 623. The van der Waals surface area contributed by atoms with Crippen molar-refractivity contribution in [2.45, 2.75) is 23.9 Å². The van der Waals surface area contributed by atoms with Gasteiger partial charge in [-0.3, -0.25) is 5.10 Å². The smallest absolute Gasteiger partial charge is 0.260 e. The second-order valence-corrected chi connectivity index (χ2v) is 8.20. The Morgan fingerprint density at radius 3 is 2.74 bits per heavy atom. The van der Waals surface area contributed by atoms with Crippen LogP contribution < -0.4 is 4.72 Å². The molecule has 10 heteroatoms. The highest BCUT2D eigenvalue weighted by Gasteiger charge is 2.31. The molecule has 0 aromatic carbocycles. The maximum Gasteiger partial charge on any atom is 0.260 e. The molecule has 0 aliphatic carbocycles. The van der Waals surface area contributed by atoms with Crippen molar-refractivity contribution in [2.24, 2.45) is 0 Å². The number of rotatable bonds is 4. The predicted molar refractivity (Wildman–Crippen MR) is 68.3 cm³/mol. The van der Waals surface area contributed by atoms with Gasteiger partial charge in [0.25, 0.3) is 10.0 Å². The molecule has 2 rings (SSSR count). The first kappa shape index (κ1) is 14.4. The second kappa shape index (κ2) is 5.19. The quantitative estimate of drug-likeness (QED) is 0.749. The topological polar surface area (TPSA) is 112 Å². The lowest BCUT2D eigenvalue weighted by Crippen LogP contribution is -2.49. The molecule has 0 radical (unpaired) electrons. The van der Waals surface area contributed by atoms with E-state index in [9.17, 15) is 16.8 Å². The molecular weight excluding hydrogens is 292 g/mol. The molecule has 0 amide bonds. The van der Waals surface area contributed by atoms with Gasteiger partial charge in [0.1, 0.15) is 0 Å². The number of hydrogen-bond acceptors (Lipinski definition) is 5. The Morgan fingerprint density at radius 2 is 2.16 bits per heavy atom. The lowest BCUT2D eigenvalue weighted by atomic mass is 10.1. The molecule has 19 heavy (non-hydrogen) atoms. The van der Waals surface area contributed by atoms with Crippen LogP contribution in [0.5, 0.6) is 0 Å². The number of nitrogens with zero attached hydrogens (tertiary/aromatic N) is 2. The largest absolute Gasteiger partial charge is 0.266 e. The van der Waals surface area contributed by atoms with E-state index in [1.807, 2.05) is 0 Å². The molecule has 1 aliphatic rings. The summed E-state index contributed by atoms with van der Waals surface area (Å²) in [6.07, 6.45) is 3.67. The van der Waals surface area contributed by atoms with Gasteiger partial charge in [-0.1, -0.05) is 0 Å². The van der Waals surface area contributed by atoms with Gasteiger partial charge in [0.15, 0.2) is 5.03 Å². The molecule has 2 heterocycles. The minimum Gasteiger partial charge on any atom is -0.266 e. The summed E-state index contributed by atoms with van der Waals surface area (Å²) in [6.45, 7) is 0.512. The van der Waals surface area contributed by atoms with Gasteiger partial charge >= 0.3 is 0 Å². The van der Waals surface area contributed by atoms with Gasteiger partial charge in [-0.25, -0.2) is 21.6 Å². The summed E-state index contributed by atoms with van der Waals surface area (Å²) in [5.41, 5.74) is 0. The van der Waals surface area contributed by atoms with Crippen molar-refractivity contribution in [3.05, 3.63) is 12.3 Å². The van der Waals surface area contributed by atoms with Gasteiger partial charge in [0.05, 0.1) is 12.5 Å². The van der Waals surface area contributed by atoms with Crippen LogP contribution in [0.3, 0.4) is 0 Å². The first-order valence-corrected chi connectivity index (χ1v) is 9.09. The van der Waals surface area contributed by atoms with Crippen molar-refractivity contribution in [1.29, 1.82) is 0 Å². The number of aromatic amines is 1. The molecule has 108 valence electrons. The van der Waals surface area contributed by atoms with E-state index in [0.717, 1.165) is 6.26 Å². The lowest BCUT2D eigenvalue weighted by Gasteiger charge is -2.31. The molecule has 1 unspecified atom stereocenters. The van der Waals surface area contributed by atoms with Crippen LogP contribution in [0.2, 0.25) is 0 Å². The van der Waals surface area contributed by atoms with Gasteiger partial charge in [-0.05, 0) is 18.9 Å². The van der Waals surface area contributed by atoms with Crippen molar-refractivity contribution in [3.8, 4) is 0 Å². The zero-order valence-electron chi connectivity index (χ0n) is 10.4. The first-order valence-electron chi connectivity index (χ1n) is 5.76. The van der Waals surface area contributed by atoms with Crippen LogP contribution in [-0.4, -0.2) is 56.7 Å². The fourth-order valence-electron chi connectivity index (χ4n) is 2.09. The molecule has 2 N–H and O–H groups in total. The standard InChI is InChI=1S/C9H16N4O4S2/c1-18(14,15)12-8-3-2-6-13(7-8)19(16,17)9-4-5-10-11-9/h4-5,8,12H,2-3,6-7H2,1H3,(H,10,11). The van der Waals surface area contributed by atoms with Crippen LogP contribution in [0.1, 0.15) is 12.8 Å². The Hall–Kier alpha value is -0.970. The Balaban J connectivity index is 2.14. The summed E-state index contributed by atoms with van der Waals surface area (Å²) in [4.78, 5) is 0. The average Bonchev–Trinajstić information content (AvgIpc) is 2.80. The van der Waals surface area contributed by atoms with Crippen LogP contribution in [0, 0.1) is 0 Å². The number of nitrogens with one attached hydrogen (secondary N) is 2. The molecule has 1 fully saturated rings. The molecule has 1 saturated heterocycles. The molecule has 1 aromatic rings. The van der Waals surface area contributed by atoms with Crippen LogP contribution >= 0.6 is 0 Å². The van der Waals surface area contributed by atoms with Gasteiger partial charge in [-0.2, -0.15) is 9.40 Å². The lowest BCUT2D eigenvalue weighted by molar-refractivity contribution is 0.303. The molecule has 1 atom stereocenters. The monoisotopic (exact) mass is 308 g/mol. The van der Waals surface area contributed by atoms with Crippen LogP contribution in [-0.2, 0) is 20.0 Å². The van der Waals surface area contributed by atoms with Crippen LogP contribution in [0.15, 0.2) is 17.3 Å². The van der Waals surface area contributed by atoms with Gasteiger partial charge in [0.2, 0.25) is 10.0 Å². The molecule has 1 aliphatic heterocycles. The third-order valence-corrected chi connectivity index (χ3v) is 5.41. The molecule has 0 spiro atoms. The van der Waals surface area contributed by atoms with Crippen molar-refractivity contribution in [3.63, 3.8) is 0 Å². The summed E-state index contributed by atoms with van der Waals surface area (Å²) in [7, 11) is -6.96. The van der Waals surface area contributed by atoms with E-state index >= 15 is 0 Å². The van der Waals surface area contributed by atoms with E-state index in [0.29, 0.717) is 19.4 Å². The number of H-pyrrole nitrogens is 1. The Kier molecular flexibility index (Phi) is 3.95. The molecule has 1 aromatic heterocycles. The van der Waals surface area contributed by atoms with Crippen molar-refractivity contribution in [1.82, 2.24) is 19.2 Å². The van der Waals surface area contributed by atoms with Gasteiger partial charge in [-0.15, -0.1) is 0 Å². The van der Waals surface area contributed by atoms with E-state index in [1.54, 1.807) is 0 Å². The summed E-state index contributed by atoms with van der Waals surface area (Å²) in [5, 5.41) is 6.06. The number of hydrogen-bond donors (Lipinski definition) is 2. The maximum atomic E-state index is 12.2. The SMILES string of the molecule is CS(=O)(=O)NC1CCCN(S(=O)(=O)c2ccn[nH]2)C1. The molecule has 0 bridgehead atoms. The van der Waals surface area contributed by atoms with E-state index in [4.69, 9.17) is 0 Å². The Labute approximate surface area is 112 Å².